The highest BCUT2D eigenvalue weighted by atomic mass is 28.4. The monoisotopic (exact) mass is 336 g/mol. The number of para-hydroxylation sites is 1. The Bertz CT molecular complexity index is 482. The highest BCUT2D eigenvalue weighted by molar-refractivity contribution is 6.83. The van der Waals surface area contributed by atoms with E-state index in [0.717, 1.165) is 18.1 Å². The number of benzene rings is 1. The molecule has 2 nitrogen and oxygen atoms in total. The molecular weight excluding hydrogens is 304 g/mol. The zero-order valence-electron chi connectivity index (χ0n) is 15.3. The molecule has 22 heavy (non-hydrogen) atoms. The zero-order chi connectivity index (χ0) is 16.8. The Labute approximate surface area is 138 Å². The summed E-state index contributed by atoms with van der Waals surface area (Å²) in [6, 6.07) is 10.00. The maximum absolute atomic E-state index is 6.36. The number of allylic oxidation sites excluding steroid dienone is 1. The van der Waals surface area contributed by atoms with E-state index in [9.17, 15) is 0 Å². The summed E-state index contributed by atoms with van der Waals surface area (Å²) in [5.41, 5.74) is 0. The lowest BCUT2D eigenvalue weighted by Crippen LogP contribution is -2.33. The van der Waals surface area contributed by atoms with Gasteiger partial charge in [0.1, 0.15) is 5.75 Å². The van der Waals surface area contributed by atoms with Gasteiger partial charge in [0.2, 0.25) is 8.32 Å². The number of hydrogen-bond donors (Lipinski definition) is 0. The Morgan fingerprint density at radius 1 is 0.955 bits per heavy atom. The molecule has 0 aliphatic carbocycles. The van der Waals surface area contributed by atoms with E-state index in [1.165, 1.54) is 18.0 Å². The average molecular weight is 337 g/mol. The van der Waals surface area contributed by atoms with E-state index in [1.807, 2.05) is 30.3 Å². The van der Waals surface area contributed by atoms with Crippen LogP contribution in [0.15, 0.2) is 41.5 Å². The van der Waals surface area contributed by atoms with Gasteiger partial charge in [-0.05, 0) is 49.8 Å². The molecule has 0 atom stereocenters. The molecule has 4 heteroatoms. The second-order valence-corrected chi connectivity index (χ2v) is 17.3. The lowest BCUT2D eigenvalue weighted by molar-refractivity contribution is 0.216. The van der Waals surface area contributed by atoms with Crippen LogP contribution in [0.2, 0.25) is 39.3 Å². The van der Waals surface area contributed by atoms with Crippen molar-refractivity contribution < 1.29 is 9.16 Å². The molecular formula is C18H32O2Si2. The van der Waals surface area contributed by atoms with Crippen molar-refractivity contribution in [1.29, 1.82) is 0 Å². The van der Waals surface area contributed by atoms with Crippen LogP contribution >= 0.6 is 0 Å². The van der Waals surface area contributed by atoms with Crippen LogP contribution in [-0.4, -0.2) is 16.4 Å². The van der Waals surface area contributed by atoms with Crippen LogP contribution in [0.4, 0.5) is 0 Å². The number of unbranched alkanes of at least 4 members (excludes halogenated alkanes) is 1. The molecule has 1 aromatic rings. The zero-order valence-corrected chi connectivity index (χ0v) is 17.3. The molecule has 1 rings (SSSR count). The molecule has 0 aromatic heterocycles. The SMILES string of the molecule is CCCC/C(=C(/Oc1ccccc1)O[Si](C)(C)C)[Si](C)(C)C. The van der Waals surface area contributed by atoms with Crippen molar-refractivity contribution in [2.24, 2.45) is 0 Å². The summed E-state index contributed by atoms with van der Waals surface area (Å²) in [5, 5.41) is 1.42. The Morgan fingerprint density at radius 2 is 1.55 bits per heavy atom. The van der Waals surface area contributed by atoms with Gasteiger partial charge in [0.15, 0.2) is 0 Å². The first-order chi connectivity index (χ1) is 10.1. The standard InChI is InChI=1S/C18H32O2Si2/c1-8-9-15-17(21(2,3)4)18(20-22(5,6)7)19-16-13-11-10-12-14-16/h10-14H,8-9,15H2,1-7H3/b18-17+. The van der Waals surface area contributed by atoms with Gasteiger partial charge in [-0.25, -0.2) is 0 Å². The van der Waals surface area contributed by atoms with Gasteiger partial charge in [0, 0.05) is 0 Å². The van der Waals surface area contributed by atoms with Gasteiger partial charge >= 0.3 is 0 Å². The van der Waals surface area contributed by atoms with Gasteiger partial charge in [-0.1, -0.05) is 51.2 Å². The summed E-state index contributed by atoms with van der Waals surface area (Å²) in [4.78, 5) is 0. The Hall–Kier alpha value is -1.01. The minimum atomic E-state index is -1.72. The third-order valence-corrected chi connectivity index (χ3v) is 6.35. The molecule has 0 fully saturated rings. The van der Waals surface area contributed by atoms with Crippen LogP contribution in [-0.2, 0) is 4.43 Å². The average Bonchev–Trinajstić information content (AvgIpc) is 2.36. The van der Waals surface area contributed by atoms with Gasteiger partial charge in [0.05, 0.1) is 8.07 Å². The molecule has 0 aliphatic heterocycles. The van der Waals surface area contributed by atoms with Crippen LogP contribution in [0.1, 0.15) is 26.2 Å². The van der Waals surface area contributed by atoms with Gasteiger partial charge in [-0.15, -0.1) is 0 Å². The number of hydrogen-bond acceptors (Lipinski definition) is 2. The maximum Gasteiger partial charge on any atom is 0.265 e. The van der Waals surface area contributed by atoms with E-state index in [-0.39, 0.29) is 0 Å². The van der Waals surface area contributed by atoms with Crippen LogP contribution in [0, 0.1) is 0 Å². The Morgan fingerprint density at radius 3 is 2.00 bits per heavy atom. The van der Waals surface area contributed by atoms with Crippen molar-refractivity contribution in [2.75, 3.05) is 0 Å². The maximum atomic E-state index is 6.36. The quantitative estimate of drug-likeness (QED) is 0.416. The van der Waals surface area contributed by atoms with Crippen molar-refractivity contribution in [2.45, 2.75) is 65.5 Å². The molecule has 124 valence electrons. The molecule has 0 amide bonds. The molecule has 0 bridgehead atoms. The van der Waals surface area contributed by atoms with Crippen molar-refractivity contribution in [3.63, 3.8) is 0 Å². The normalized spacial score (nSPS) is 13.6. The first kappa shape index (κ1) is 19.0. The van der Waals surface area contributed by atoms with E-state index < -0.39 is 16.4 Å². The first-order valence-electron chi connectivity index (χ1n) is 8.29. The number of rotatable bonds is 8. The minimum Gasteiger partial charge on any atom is -0.520 e. The van der Waals surface area contributed by atoms with E-state index in [1.54, 1.807) is 0 Å². The minimum absolute atomic E-state index is 0.790. The van der Waals surface area contributed by atoms with Crippen LogP contribution in [0.5, 0.6) is 5.75 Å². The fourth-order valence-electron chi connectivity index (χ4n) is 2.15. The molecule has 0 saturated carbocycles. The van der Waals surface area contributed by atoms with Gasteiger partial charge in [-0.3, -0.25) is 0 Å². The second kappa shape index (κ2) is 8.02. The van der Waals surface area contributed by atoms with Crippen molar-refractivity contribution in [1.82, 2.24) is 0 Å². The topological polar surface area (TPSA) is 18.5 Å². The molecule has 0 spiro atoms. The van der Waals surface area contributed by atoms with Gasteiger partial charge in [-0.2, -0.15) is 0 Å². The molecule has 0 N–H and O–H groups in total. The summed E-state index contributed by atoms with van der Waals surface area (Å²) in [5.74, 6) is 1.65. The predicted octanol–water partition coefficient (Wildman–Crippen LogP) is 6.20. The van der Waals surface area contributed by atoms with Gasteiger partial charge in [0.25, 0.3) is 5.95 Å². The van der Waals surface area contributed by atoms with Crippen LogP contribution in [0.25, 0.3) is 0 Å². The first-order valence-corrected chi connectivity index (χ1v) is 15.2. The predicted molar refractivity (Wildman–Crippen MR) is 101 cm³/mol. The fourth-order valence-corrected chi connectivity index (χ4v) is 4.62. The van der Waals surface area contributed by atoms with Crippen molar-refractivity contribution in [3.05, 3.63) is 41.5 Å². The van der Waals surface area contributed by atoms with E-state index in [0.29, 0.717) is 0 Å². The summed E-state index contributed by atoms with van der Waals surface area (Å²) >= 11 is 0. The van der Waals surface area contributed by atoms with Crippen molar-refractivity contribution in [3.8, 4) is 5.75 Å². The highest BCUT2D eigenvalue weighted by Gasteiger charge is 2.29. The lowest BCUT2D eigenvalue weighted by Gasteiger charge is -2.29. The van der Waals surface area contributed by atoms with E-state index in [4.69, 9.17) is 9.16 Å². The molecule has 1 aromatic carbocycles. The van der Waals surface area contributed by atoms with Crippen molar-refractivity contribution >= 4 is 16.4 Å². The summed E-state index contributed by atoms with van der Waals surface area (Å²) < 4.78 is 12.6. The molecule has 0 radical (unpaired) electrons. The summed E-state index contributed by atoms with van der Waals surface area (Å²) in [6.45, 7) is 16.0. The number of ether oxygens (including phenoxy) is 1. The molecule has 0 unspecified atom stereocenters. The Balaban J connectivity index is 3.21. The third kappa shape index (κ3) is 6.84. The van der Waals surface area contributed by atoms with E-state index >= 15 is 0 Å². The lowest BCUT2D eigenvalue weighted by atomic mass is 10.2. The second-order valence-electron chi connectivity index (χ2n) is 7.75. The summed E-state index contributed by atoms with van der Waals surface area (Å²) in [7, 11) is -3.20. The smallest absolute Gasteiger partial charge is 0.265 e. The summed E-state index contributed by atoms with van der Waals surface area (Å²) in [6.07, 6.45) is 3.47. The largest absolute Gasteiger partial charge is 0.520 e. The Kier molecular flexibility index (Phi) is 6.94. The van der Waals surface area contributed by atoms with Gasteiger partial charge < -0.3 is 9.16 Å². The van der Waals surface area contributed by atoms with Crippen LogP contribution in [0.3, 0.4) is 0 Å². The third-order valence-electron chi connectivity index (χ3n) is 3.28. The molecule has 0 heterocycles. The van der Waals surface area contributed by atoms with Crippen LogP contribution < -0.4 is 4.74 Å². The highest BCUT2D eigenvalue weighted by Crippen LogP contribution is 2.29. The molecule has 0 saturated heterocycles. The molecule has 0 aliphatic rings. The van der Waals surface area contributed by atoms with E-state index in [2.05, 4.69) is 46.2 Å². The fraction of sp³-hybridized carbons (Fsp3) is 0.556.